The highest BCUT2D eigenvalue weighted by Gasteiger charge is 2.33. The van der Waals surface area contributed by atoms with Crippen LogP contribution >= 0.6 is 15.9 Å². The molecular weight excluding hydrogens is 571 g/mol. The summed E-state index contributed by atoms with van der Waals surface area (Å²) in [7, 11) is -0.325. The normalized spacial score (nSPS) is 13.6. The third-order valence-corrected chi connectivity index (χ3v) is 8.77. The van der Waals surface area contributed by atoms with E-state index in [1.165, 1.54) is 27.6 Å². The SMILES string of the molecule is Cc1cc(CN(c2cn3nc(-c4ccc(F)cc4)c(C(=O)N(C)C)c3cc2C2CC2)S(C)(=O)=O)ccc1Br. The molecule has 2 aromatic heterocycles. The van der Waals surface area contributed by atoms with Crippen LogP contribution in [0.25, 0.3) is 16.8 Å². The number of rotatable bonds is 7. The highest BCUT2D eigenvalue weighted by molar-refractivity contribution is 9.10. The molecule has 1 aliphatic carbocycles. The van der Waals surface area contributed by atoms with Crippen molar-refractivity contribution in [1.82, 2.24) is 14.5 Å². The number of pyridine rings is 1. The number of hydrogen-bond acceptors (Lipinski definition) is 4. The maximum atomic E-state index is 13.7. The number of carbonyl (C=O) groups excluding carboxylic acids is 1. The molecule has 1 saturated carbocycles. The highest BCUT2D eigenvalue weighted by Crippen LogP contribution is 2.46. The van der Waals surface area contributed by atoms with Gasteiger partial charge in [0.25, 0.3) is 5.91 Å². The standard InChI is InChI=1S/C28H28BrFN4O3S/c1-17-13-18(5-12-23(17)29)15-34(38(4,36)37)25-16-33-24(14-22(25)19-6-7-19)26(28(35)32(2)3)27(31-33)20-8-10-21(30)11-9-20/h5,8-14,16,19H,6-7,15H2,1-4H3. The molecule has 2 heterocycles. The van der Waals surface area contributed by atoms with Gasteiger partial charge in [-0.15, -0.1) is 0 Å². The van der Waals surface area contributed by atoms with E-state index in [1.54, 1.807) is 36.9 Å². The van der Waals surface area contributed by atoms with Crippen molar-refractivity contribution in [2.24, 2.45) is 0 Å². The molecule has 0 radical (unpaired) electrons. The first-order chi connectivity index (χ1) is 17.9. The van der Waals surface area contributed by atoms with Crippen LogP contribution in [0, 0.1) is 12.7 Å². The second-order valence-electron chi connectivity index (χ2n) is 10.0. The molecule has 7 nitrogen and oxygen atoms in total. The van der Waals surface area contributed by atoms with Crippen LogP contribution in [0.15, 0.2) is 59.2 Å². The lowest BCUT2D eigenvalue weighted by Crippen LogP contribution is -2.30. The van der Waals surface area contributed by atoms with Crippen molar-refractivity contribution in [2.45, 2.75) is 32.2 Å². The van der Waals surface area contributed by atoms with Gasteiger partial charge in [0.15, 0.2) is 0 Å². The van der Waals surface area contributed by atoms with Crippen LogP contribution in [0.3, 0.4) is 0 Å². The summed E-state index contributed by atoms with van der Waals surface area (Å²) in [4.78, 5) is 14.8. The Morgan fingerprint density at radius 2 is 1.82 bits per heavy atom. The van der Waals surface area contributed by atoms with E-state index in [4.69, 9.17) is 5.10 Å². The van der Waals surface area contributed by atoms with Gasteiger partial charge in [-0.05, 0) is 78.8 Å². The van der Waals surface area contributed by atoms with Crippen LogP contribution in [0.2, 0.25) is 0 Å². The zero-order chi connectivity index (χ0) is 27.4. The largest absolute Gasteiger partial charge is 0.345 e. The van der Waals surface area contributed by atoms with Crippen LogP contribution in [0.4, 0.5) is 10.1 Å². The van der Waals surface area contributed by atoms with Crippen molar-refractivity contribution in [1.29, 1.82) is 0 Å². The van der Waals surface area contributed by atoms with E-state index < -0.39 is 10.0 Å². The number of sulfonamides is 1. The molecule has 4 aromatic rings. The third-order valence-electron chi connectivity index (χ3n) is 6.75. The van der Waals surface area contributed by atoms with E-state index in [1.807, 2.05) is 31.2 Å². The van der Waals surface area contributed by atoms with Gasteiger partial charge in [0.1, 0.15) is 11.5 Å². The lowest BCUT2D eigenvalue weighted by molar-refractivity contribution is 0.0830. The van der Waals surface area contributed by atoms with Crippen molar-refractivity contribution in [2.75, 3.05) is 24.7 Å². The van der Waals surface area contributed by atoms with Gasteiger partial charge in [-0.3, -0.25) is 9.10 Å². The molecular formula is C28H28BrFN4O3S. The first-order valence-electron chi connectivity index (χ1n) is 12.2. The maximum Gasteiger partial charge on any atom is 0.257 e. The van der Waals surface area contributed by atoms with E-state index in [-0.39, 0.29) is 24.2 Å². The van der Waals surface area contributed by atoms with Crippen LogP contribution < -0.4 is 4.31 Å². The molecule has 5 rings (SSSR count). The first-order valence-corrected chi connectivity index (χ1v) is 14.8. The Labute approximate surface area is 230 Å². The molecule has 1 amide bonds. The molecule has 38 heavy (non-hydrogen) atoms. The summed E-state index contributed by atoms with van der Waals surface area (Å²) in [5, 5.41) is 4.71. The van der Waals surface area contributed by atoms with Gasteiger partial charge in [0.05, 0.1) is 35.8 Å². The zero-order valence-corrected chi connectivity index (χ0v) is 24.0. The third kappa shape index (κ3) is 5.07. The molecule has 0 saturated heterocycles. The number of benzene rings is 2. The van der Waals surface area contributed by atoms with E-state index in [2.05, 4.69) is 15.9 Å². The number of hydrogen-bond donors (Lipinski definition) is 0. The second-order valence-corrected chi connectivity index (χ2v) is 12.8. The molecule has 10 heteroatoms. The quantitative estimate of drug-likeness (QED) is 0.271. The Bertz CT molecular complexity index is 1660. The van der Waals surface area contributed by atoms with Gasteiger partial charge in [0, 0.05) is 24.1 Å². The Morgan fingerprint density at radius 1 is 1.13 bits per heavy atom. The van der Waals surface area contributed by atoms with E-state index in [0.29, 0.717) is 28.0 Å². The Balaban J connectivity index is 1.73. The molecule has 2 aromatic carbocycles. The van der Waals surface area contributed by atoms with Gasteiger partial charge in [-0.2, -0.15) is 5.10 Å². The van der Waals surface area contributed by atoms with Crippen molar-refractivity contribution in [3.05, 3.63) is 87.3 Å². The van der Waals surface area contributed by atoms with E-state index >= 15 is 0 Å². The fourth-order valence-corrected chi connectivity index (χ4v) is 5.76. The average Bonchev–Trinajstić information content (AvgIpc) is 3.63. The van der Waals surface area contributed by atoms with Crippen molar-refractivity contribution >= 4 is 43.1 Å². The number of carbonyl (C=O) groups is 1. The summed E-state index contributed by atoms with van der Waals surface area (Å²) in [5.74, 6) is -0.431. The molecule has 1 fully saturated rings. The maximum absolute atomic E-state index is 13.7. The zero-order valence-electron chi connectivity index (χ0n) is 21.6. The van der Waals surface area contributed by atoms with E-state index in [0.717, 1.165) is 34.0 Å². The summed E-state index contributed by atoms with van der Waals surface area (Å²) >= 11 is 3.50. The van der Waals surface area contributed by atoms with Crippen LogP contribution in [0.1, 0.15) is 45.8 Å². The highest BCUT2D eigenvalue weighted by atomic mass is 79.9. The summed E-state index contributed by atoms with van der Waals surface area (Å²) in [6.45, 7) is 2.12. The molecule has 0 atom stereocenters. The summed E-state index contributed by atoms with van der Waals surface area (Å²) in [6.07, 6.45) is 4.78. The van der Waals surface area contributed by atoms with Gasteiger partial charge in [-0.1, -0.05) is 28.1 Å². The molecule has 198 valence electrons. The number of aryl methyl sites for hydroxylation is 1. The molecule has 0 spiro atoms. The fraction of sp³-hybridized carbons (Fsp3) is 0.286. The fourth-order valence-electron chi connectivity index (χ4n) is 4.62. The predicted molar refractivity (Wildman–Crippen MR) is 150 cm³/mol. The topological polar surface area (TPSA) is 75.0 Å². The van der Waals surface area contributed by atoms with Gasteiger partial charge in [-0.25, -0.2) is 17.3 Å². The molecule has 1 aliphatic rings. The lowest BCUT2D eigenvalue weighted by Gasteiger charge is -2.25. The number of aromatic nitrogens is 2. The van der Waals surface area contributed by atoms with Crippen molar-refractivity contribution in [3.8, 4) is 11.3 Å². The van der Waals surface area contributed by atoms with Gasteiger partial charge >= 0.3 is 0 Å². The monoisotopic (exact) mass is 598 g/mol. The number of nitrogens with zero attached hydrogens (tertiary/aromatic N) is 4. The summed E-state index contributed by atoms with van der Waals surface area (Å²) in [5.41, 5.74) is 5.27. The van der Waals surface area contributed by atoms with E-state index in [9.17, 15) is 17.6 Å². The van der Waals surface area contributed by atoms with Crippen LogP contribution in [-0.2, 0) is 16.6 Å². The Hall–Kier alpha value is -3.24. The van der Waals surface area contributed by atoms with Crippen molar-refractivity contribution < 1.29 is 17.6 Å². The summed E-state index contributed by atoms with van der Waals surface area (Å²) in [6, 6.07) is 13.5. The Kier molecular flexibility index (Phi) is 6.81. The first kappa shape index (κ1) is 26.4. The number of halogens is 2. The average molecular weight is 600 g/mol. The number of anilines is 1. The molecule has 0 aliphatic heterocycles. The predicted octanol–water partition coefficient (Wildman–Crippen LogP) is 5.76. The van der Waals surface area contributed by atoms with Gasteiger partial charge in [0.2, 0.25) is 10.0 Å². The number of fused-ring (bicyclic) bond motifs is 1. The van der Waals surface area contributed by atoms with Crippen LogP contribution in [-0.4, -0.2) is 49.2 Å². The smallest absolute Gasteiger partial charge is 0.257 e. The lowest BCUT2D eigenvalue weighted by atomic mass is 10.0. The molecule has 0 N–H and O–H groups in total. The number of amides is 1. The molecule has 0 unspecified atom stereocenters. The summed E-state index contributed by atoms with van der Waals surface area (Å²) < 4.78 is 43.9. The van der Waals surface area contributed by atoms with Crippen LogP contribution in [0.5, 0.6) is 0 Å². The minimum Gasteiger partial charge on any atom is -0.345 e. The van der Waals surface area contributed by atoms with Gasteiger partial charge < -0.3 is 4.90 Å². The minimum absolute atomic E-state index is 0.160. The van der Waals surface area contributed by atoms with Crippen molar-refractivity contribution in [3.63, 3.8) is 0 Å². The minimum atomic E-state index is -3.66. The molecule has 0 bridgehead atoms. The Morgan fingerprint density at radius 3 is 2.39 bits per heavy atom. The second kappa shape index (κ2) is 9.81.